The Kier molecular flexibility index (Phi) is 5.26. The lowest BCUT2D eigenvalue weighted by molar-refractivity contribution is -0.133. The normalized spacial score (nSPS) is 24.1. The van der Waals surface area contributed by atoms with Crippen LogP contribution in [0.1, 0.15) is 29.6 Å². The Balaban J connectivity index is 1.78. The lowest BCUT2D eigenvalue weighted by Crippen LogP contribution is -2.64. The summed E-state index contributed by atoms with van der Waals surface area (Å²) in [5.74, 6) is -0.326. The number of nitrogens with zero attached hydrogens (tertiary/aromatic N) is 4. The van der Waals surface area contributed by atoms with Crippen LogP contribution in [0, 0.1) is 27.0 Å². The van der Waals surface area contributed by atoms with Crippen LogP contribution >= 0.6 is 33.9 Å². The van der Waals surface area contributed by atoms with Crippen LogP contribution < -0.4 is 10.2 Å². The van der Waals surface area contributed by atoms with E-state index in [4.69, 9.17) is 5.41 Å². The molecule has 2 aromatic rings. The summed E-state index contributed by atoms with van der Waals surface area (Å²) in [6, 6.07) is 4.03. The largest absolute Gasteiger partial charge is 0.343 e. The number of aryl methyl sites for hydroxylation is 2. The highest BCUT2D eigenvalue weighted by molar-refractivity contribution is 14.1. The van der Waals surface area contributed by atoms with Gasteiger partial charge in [-0.15, -0.1) is 11.3 Å². The predicted octanol–water partition coefficient (Wildman–Crippen LogP) is 2.87. The van der Waals surface area contributed by atoms with Crippen molar-refractivity contribution in [2.24, 2.45) is 5.92 Å². The first kappa shape index (κ1) is 20.5. The lowest BCUT2D eigenvalue weighted by atomic mass is 9.83. The van der Waals surface area contributed by atoms with E-state index in [9.17, 15) is 9.18 Å². The average Bonchev–Trinajstić information content (AvgIpc) is 3.28. The summed E-state index contributed by atoms with van der Waals surface area (Å²) < 4.78 is 15.5. The summed E-state index contributed by atoms with van der Waals surface area (Å²) in [7, 11) is 1.61. The highest BCUT2D eigenvalue weighted by Crippen LogP contribution is 2.44. The van der Waals surface area contributed by atoms with E-state index in [2.05, 4.69) is 37.9 Å². The van der Waals surface area contributed by atoms with Gasteiger partial charge in [0.2, 0.25) is 11.9 Å². The van der Waals surface area contributed by atoms with Crippen molar-refractivity contribution >= 4 is 51.7 Å². The first-order valence-electron chi connectivity index (χ1n) is 9.45. The molecule has 2 aromatic heterocycles. The van der Waals surface area contributed by atoms with Gasteiger partial charge in [0.15, 0.2) is 11.8 Å². The Bertz CT molecular complexity index is 997. The molecule has 0 spiro atoms. The van der Waals surface area contributed by atoms with Gasteiger partial charge in [-0.3, -0.25) is 15.1 Å². The van der Waals surface area contributed by atoms with Crippen molar-refractivity contribution in [3.05, 3.63) is 37.1 Å². The molecular weight excluding hydrogens is 506 g/mol. The molecule has 4 rings (SSSR count). The second-order valence-corrected chi connectivity index (χ2v) is 10.5. The maximum atomic E-state index is 14.4. The second kappa shape index (κ2) is 7.46. The number of carbonyl (C=O) groups excluding carboxylic acids is 1. The van der Waals surface area contributed by atoms with Crippen LogP contribution in [0.15, 0.2) is 12.1 Å². The predicted molar refractivity (Wildman–Crippen MR) is 119 cm³/mol. The zero-order valence-electron chi connectivity index (χ0n) is 16.4. The molecule has 0 unspecified atom stereocenters. The van der Waals surface area contributed by atoms with Crippen molar-refractivity contribution < 1.29 is 9.18 Å². The third kappa shape index (κ3) is 3.29. The molecule has 7 nitrogen and oxygen atoms in total. The van der Waals surface area contributed by atoms with Gasteiger partial charge in [-0.1, -0.05) is 13.3 Å². The van der Waals surface area contributed by atoms with Crippen molar-refractivity contribution in [2.75, 3.05) is 25.0 Å². The SMILES string of the molecule is CCCc1nc(N2C[C@H]3C(=O)N(C)C(=N)N[C@@]3(c3ccc(I)s3)C2)nc(C)c1F. The van der Waals surface area contributed by atoms with Crippen LogP contribution in [0.5, 0.6) is 0 Å². The van der Waals surface area contributed by atoms with Crippen LogP contribution in [0.4, 0.5) is 10.3 Å². The molecule has 154 valence electrons. The van der Waals surface area contributed by atoms with Gasteiger partial charge < -0.3 is 10.2 Å². The van der Waals surface area contributed by atoms with Crippen molar-refractivity contribution in [3.8, 4) is 0 Å². The zero-order valence-corrected chi connectivity index (χ0v) is 19.4. The summed E-state index contributed by atoms with van der Waals surface area (Å²) in [6.07, 6.45) is 1.33. The Morgan fingerprint density at radius 3 is 2.86 bits per heavy atom. The monoisotopic (exact) mass is 528 g/mol. The van der Waals surface area contributed by atoms with E-state index in [1.165, 1.54) is 4.90 Å². The first-order chi connectivity index (χ1) is 13.8. The number of guanidine groups is 1. The smallest absolute Gasteiger partial charge is 0.236 e. The topological polar surface area (TPSA) is 85.2 Å². The number of rotatable bonds is 4. The highest BCUT2D eigenvalue weighted by atomic mass is 127. The molecule has 0 radical (unpaired) electrons. The molecule has 2 saturated heterocycles. The number of fused-ring (bicyclic) bond motifs is 1. The number of aromatic nitrogens is 2. The van der Waals surface area contributed by atoms with Crippen LogP contribution in [0.3, 0.4) is 0 Å². The van der Waals surface area contributed by atoms with E-state index in [1.54, 1.807) is 25.3 Å². The Morgan fingerprint density at radius 1 is 1.45 bits per heavy atom. The summed E-state index contributed by atoms with van der Waals surface area (Å²) in [5.41, 5.74) is 0.0108. The van der Waals surface area contributed by atoms with Crippen LogP contribution in [-0.4, -0.2) is 46.9 Å². The van der Waals surface area contributed by atoms with E-state index in [0.29, 0.717) is 36.8 Å². The fraction of sp³-hybridized carbons (Fsp3) is 0.474. The van der Waals surface area contributed by atoms with E-state index < -0.39 is 5.54 Å². The highest BCUT2D eigenvalue weighted by Gasteiger charge is 2.57. The average molecular weight is 528 g/mol. The molecule has 2 atom stereocenters. The van der Waals surface area contributed by atoms with E-state index in [0.717, 1.165) is 14.2 Å². The number of nitrogens with one attached hydrogen (secondary N) is 2. The van der Waals surface area contributed by atoms with E-state index >= 15 is 0 Å². The van der Waals surface area contributed by atoms with Crippen LogP contribution in [-0.2, 0) is 16.8 Å². The molecule has 0 aromatic carbocycles. The van der Waals surface area contributed by atoms with Gasteiger partial charge in [-0.25, -0.2) is 14.4 Å². The number of hydrogen-bond acceptors (Lipinski definition) is 6. The fourth-order valence-electron chi connectivity index (χ4n) is 4.07. The van der Waals surface area contributed by atoms with Gasteiger partial charge in [0.25, 0.3) is 0 Å². The number of hydrogen-bond donors (Lipinski definition) is 2. The van der Waals surface area contributed by atoms with Gasteiger partial charge in [0.1, 0.15) is 5.54 Å². The number of amides is 1. The standard InChI is InChI=1S/C19H22FIN6OS/c1-4-5-12-15(20)10(2)23-18(24-12)27-8-11-16(28)26(3)17(22)25-19(11,9-27)13-6-7-14(21)29-13/h6-7,11H,4-5,8-9H2,1-3H3,(H2,22,25)/t11-,19-/m0/s1. The minimum atomic E-state index is -0.717. The van der Waals surface area contributed by atoms with Crippen LogP contribution in [0.2, 0.25) is 0 Å². The number of thiophene rings is 1. The van der Waals surface area contributed by atoms with Gasteiger partial charge in [-0.2, -0.15) is 0 Å². The fourth-order valence-corrected chi connectivity index (χ4v) is 5.88. The molecular formula is C19H22FIN6OS. The first-order valence-corrected chi connectivity index (χ1v) is 11.3. The molecule has 0 saturated carbocycles. The zero-order chi connectivity index (χ0) is 20.9. The van der Waals surface area contributed by atoms with Crippen molar-refractivity contribution in [1.82, 2.24) is 20.2 Å². The minimum Gasteiger partial charge on any atom is -0.343 e. The van der Waals surface area contributed by atoms with Crippen molar-refractivity contribution in [3.63, 3.8) is 0 Å². The van der Waals surface area contributed by atoms with Gasteiger partial charge in [-0.05, 0) is 48.1 Å². The third-order valence-corrected chi connectivity index (χ3v) is 7.67. The molecule has 2 aliphatic heterocycles. The second-order valence-electron chi connectivity index (χ2n) is 7.50. The van der Waals surface area contributed by atoms with E-state index in [-0.39, 0.29) is 23.6 Å². The van der Waals surface area contributed by atoms with Crippen molar-refractivity contribution in [1.29, 1.82) is 5.41 Å². The van der Waals surface area contributed by atoms with Crippen molar-refractivity contribution in [2.45, 2.75) is 32.2 Å². The lowest BCUT2D eigenvalue weighted by Gasteiger charge is -2.42. The molecule has 2 aliphatic rings. The summed E-state index contributed by atoms with van der Waals surface area (Å²) in [4.78, 5) is 26.3. The maximum absolute atomic E-state index is 14.4. The third-order valence-electron chi connectivity index (χ3n) is 5.60. The Morgan fingerprint density at radius 2 is 2.21 bits per heavy atom. The van der Waals surface area contributed by atoms with Gasteiger partial charge in [0, 0.05) is 25.0 Å². The molecule has 0 aliphatic carbocycles. The van der Waals surface area contributed by atoms with Gasteiger partial charge in [0.05, 0.1) is 20.2 Å². The quantitative estimate of drug-likeness (QED) is 0.597. The summed E-state index contributed by atoms with van der Waals surface area (Å²) >= 11 is 3.87. The Hall–Kier alpha value is -1.82. The van der Waals surface area contributed by atoms with Crippen LogP contribution in [0.25, 0.3) is 0 Å². The minimum absolute atomic E-state index is 0.0828. The number of carbonyl (C=O) groups is 1. The Labute approximate surface area is 186 Å². The van der Waals surface area contributed by atoms with E-state index in [1.807, 2.05) is 24.0 Å². The molecule has 1 amide bonds. The van der Waals surface area contributed by atoms with Gasteiger partial charge >= 0.3 is 0 Å². The molecule has 2 N–H and O–H groups in total. The summed E-state index contributed by atoms with van der Waals surface area (Å²) in [5, 5.41) is 11.6. The number of halogens is 2. The molecule has 10 heteroatoms. The molecule has 0 bridgehead atoms. The maximum Gasteiger partial charge on any atom is 0.236 e. The molecule has 2 fully saturated rings. The summed E-state index contributed by atoms with van der Waals surface area (Å²) in [6.45, 7) is 4.48. The molecule has 4 heterocycles. The number of anilines is 1. The molecule has 29 heavy (non-hydrogen) atoms.